The Kier molecular flexibility index (Phi) is 4.05. The van der Waals surface area contributed by atoms with Gasteiger partial charge in [-0.1, -0.05) is 0 Å². The SMILES string of the molecule is OC[C@@]1(O)O[C@@H](C2SCCCS2)[C@@H](O)[C@@H]1O. The molecular formula is C9H16O5S2. The van der Waals surface area contributed by atoms with Crippen molar-refractivity contribution in [1.82, 2.24) is 0 Å². The van der Waals surface area contributed by atoms with Crippen LogP contribution < -0.4 is 0 Å². The molecule has 0 aromatic rings. The van der Waals surface area contributed by atoms with Gasteiger partial charge in [0, 0.05) is 0 Å². The van der Waals surface area contributed by atoms with Gasteiger partial charge in [-0.2, -0.15) is 0 Å². The third-order valence-electron chi connectivity index (χ3n) is 2.81. The lowest BCUT2D eigenvalue weighted by atomic mass is 10.1. The molecule has 16 heavy (non-hydrogen) atoms. The Morgan fingerprint density at radius 3 is 2.38 bits per heavy atom. The Balaban J connectivity index is 2.06. The highest BCUT2D eigenvalue weighted by molar-refractivity contribution is 8.17. The molecule has 5 nitrogen and oxygen atoms in total. The summed E-state index contributed by atoms with van der Waals surface area (Å²) < 4.78 is 5.23. The van der Waals surface area contributed by atoms with E-state index in [1.807, 2.05) is 0 Å². The molecule has 0 spiro atoms. The van der Waals surface area contributed by atoms with Crippen LogP contribution in [0.5, 0.6) is 0 Å². The Labute approximate surface area is 102 Å². The Morgan fingerprint density at radius 2 is 1.88 bits per heavy atom. The maximum atomic E-state index is 9.80. The summed E-state index contributed by atoms with van der Waals surface area (Å²) in [5, 5.41) is 38.1. The van der Waals surface area contributed by atoms with Gasteiger partial charge in [-0.25, -0.2) is 0 Å². The molecule has 0 bridgehead atoms. The van der Waals surface area contributed by atoms with Gasteiger partial charge in [-0.15, -0.1) is 23.5 Å². The van der Waals surface area contributed by atoms with E-state index >= 15 is 0 Å². The van der Waals surface area contributed by atoms with Crippen LogP contribution in [0.2, 0.25) is 0 Å². The molecule has 4 atom stereocenters. The molecule has 2 fully saturated rings. The number of aliphatic hydroxyl groups excluding tert-OH is 3. The maximum absolute atomic E-state index is 9.80. The Bertz CT molecular complexity index is 246. The third kappa shape index (κ3) is 2.22. The van der Waals surface area contributed by atoms with Gasteiger partial charge in [-0.05, 0) is 17.9 Å². The van der Waals surface area contributed by atoms with Crippen molar-refractivity contribution in [3.05, 3.63) is 0 Å². The van der Waals surface area contributed by atoms with Crippen LogP contribution in [0.3, 0.4) is 0 Å². The van der Waals surface area contributed by atoms with Gasteiger partial charge in [0.2, 0.25) is 5.79 Å². The lowest BCUT2D eigenvalue weighted by Gasteiger charge is -2.28. The summed E-state index contributed by atoms with van der Waals surface area (Å²) in [5.41, 5.74) is 0. The average molecular weight is 268 g/mol. The molecular weight excluding hydrogens is 252 g/mol. The van der Waals surface area contributed by atoms with Crippen molar-refractivity contribution in [2.75, 3.05) is 18.1 Å². The van der Waals surface area contributed by atoms with E-state index in [1.54, 1.807) is 23.5 Å². The lowest BCUT2D eigenvalue weighted by molar-refractivity contribution is -0.244. The molecule has 2 aliphatic rings. The van der Waals surface area contributed by atoms with E-state index in [9.17, 15) is 15.3 Å². The molecule has 2 rings (SSSR count). The summed E-state index contributed by atoms with van der Waals surface area (Å²) >= 11 is 3.30. The van der Waals surface area contributed by atoms with Crippen molar-refractivity contribution < 1.29 is 25.2 Å². The number of thioether (sulfide) groups is 2. The van der Waals surface area contributed by atoms with E-state index < -0.39 is 30.7 Å². The van der Waals surface area contributed by atoms with Crippen molar-refractivity contribution in [3.8, 4) is 0 Å². The van der Waals surface area contributed by atoms with Crippen LogP contribution in [0.1, 0.15) is 6.42 Å². The number of hydrogen-bond acceptors (Lipinski definition) is 7. The number of rotatable bonds is 2. The van der Waals surface area contributed by atoms with Gasteiger partial charge >= 0.3 is 0 Å². The molecule has 94 valence electrons. The summed E-state index contributed by atoms with van der Waals surface area (Å²) in [6.07, 6.45) is -2.13. The van der Waals surface area contributed by atoms with E-state index in [-0.39, 0.29) is 4.58 Å². The monoisotopic (exact) mass is 268 g/mol. The first-order valence-corrected chi connectivity index (χ1v) is 7.28. The maximum Gasteiger partial charge on any atom is 0.219 e. The van der Waals surface area contributed by atoms with Crippen LogP contribution in [-0.2, 0) is 4.74 Å². The standard InChI is InChI=1S/C9H16O5S2/c10-4-9(13)7(12)5(11)6(14-9)8-15-2-1-3-16-8/h5-8,10-13H,1-4H2/t5-,6-,7+,9-/m1/s1. The molecule has 0 saturated carbocycles. The van der Waals surface area contributed by atoms with Crippen LogP contribution in [-0.4, -0.2) is 67.2 Å². The molecule has 0 unspecified atom stereocenters. The van der Waals surface area contributed by atoms with Crippen LogP contribution in [0.15, 0.2) is 0 Å². The summed E-state index contributed by atoms with van der Waals surface area (Å²) in [5.74, 6) is -0.0571. The molecule has 2 aliphatic heterocycles. The van der Waals surface area contributed by atoms with Crippen LogP contribution in [0.25, 0.3) is 0 Å². The first-order valence-electron chi connectivity index (χ1n) is 5.19. The van der Waals surface area contributed by atoms with Gasteiger partial charge < -0.3 is 25.2 Å². The number of ether oxygens (including phenoxy) is 1. The Morgan fingerprint density at radius 1 is 1.25 bits per heavy atom. The van der Waals surface area contributed by atoms with Gasteiger partial charge in [0.25, 0.3) is 0 Å². The quantitative estimate of drug-likeness (QED) is 0.510. The van der Waals surface area contributed by atoms with Crippen LogP contribution in [0.4, 0.5) is 0 Å². The highest BCUT2D eigenvalue weighted by Crippen LogP contribution is 2.41. The lowest BCUT2D eigenvalue weighted by Crippen LogP contribution is -2.46. The highest BCUT2D eigenvalue weighted by atomic mass is 32.2. The number of aliphatic hydroxyl groups is 4. The molecule has 7 heteroatoms. The zero-order valence-electron chi connectivity index (χ0n) is 8.65. The fraction of sp³-hybridized carbons (Fsp3) is 1.00. The van der Waals surface area contributed by atoms with E-state index in [4.69, 9.17) is 9.84 Å². The van der Waals surface area contributed by atoms with Crippen molar-refractivity contribution in [2.45, 2.75) is 35.1 Å². The fourth-order valence-corrected chi connectivity index (χ4v) is 4.91. The predicted octanol–water partition coefficient (Wildman–Crippen LogP) is -1.02. The number of hydrogen-bond donors (Lipinski definition) is 4. The minimum Gasteiger partial charge on any atom is -0.391 e. The van der Waals surface area contributed by atoms with E-state index in [0.29, 0.717) is 0 Å². The smallest absolute Gasteiger partial charge is 0.219 e. The minimum atomic E-state index is -2.03. The van der Waals surface area contributed by atoms with Crippen LogP contribution in [0, 0.1) is 0 Å². The molecule has 2 saturated heterocycles. The summed E-state index contributed by atoms with van der Waals surface area (Å²) in [6, 6.07) is 0. The Hall–Kier alpha value is 0.500. The predicted molar refractivity (Wildman–Crippen MR) is 62.2 cm³/mol. The normalized spacial score (nSPS) is 46.1. The van der Waals surface area contributed by atoms with E-state index in [1.165, 1.54) is 0 Å². The minimum absolute atomic E-state index is 0.000949. The molecule has 0 aromatic carbocycles. The van der Waals surface area contributed by atoms with E-state index in [2.05, 4.69) is 0 Å². The molecule has 4 N–H and O–H groups in total. The van der Waals surface area contributed by atoms with Crippen LogP contribution >= 0.6 is 23.5 Å². The summed E-state index contributed by atoms with van der Waals surface area (Å²) in [4.78, 5) is 0. The highest BCUT2D eigenvalue weighted by Gasteiger charge is 2.55. The van der Waals surface area contributed by atoms with Crippen molar-refractivity contribution in [1.29, 1.82) is 0 Å². The molecule has 0 radical (unpaired) electrons. The van der Waals surface area contributed by atoms with Crippen molar-refractivity contribution in [3.63, 3.8) is 0 Å². The van der Waals surface area contributed by atoms with Crippen molar-refractivity contribution >= 4 is 23.5 Å². The average Bonchev–Trinajstić information content (AvgIpc) is 2.56. The summed E-state index contributed by atoms with van der Waals surface area (Å²) in [6.45, 7) is -0.718. The zero-order chi connectivity index (χ0) is 11.8. The second-order valence-electron chi connectivity index (χ2n) is 3.98. The largest absolute Gasteiger partial charge is 0.391 e. The molecule has 2 heterocycles. The second kappa shape index (κ2) is 5.01. The van der Waals surface area contributed by atoms with Gasteiger partial charge in [0.15, 0.2) is 0 Å². The van der Waals surface area contributed by atoms with Gasteiger partial charge in [-0.3, -0.25) is 0 Å². The molecule has 0 amide bonds. The third-order valence-corrected chi connectivity index (χ3v) is 5.87. The zero-order valence-corrected chi connectivity index (χ0v) is 10.3. The van der Waals surface area contributed by atoms with Gasteiger partial charge in [0.05, 0.1) is 11.2 Å². The van der Waals surface area contributed by atoms with Crippen molar-refractivity contribution in [2.24, 2.45) is 0 Å². The first kappa shape index (κ1) is 12.9. The topological polar surface area (TPSA) is 90.2 Å². The summed E-state index contributed by atoms with van der Waals surface area (Å²) in [7, 11) is 0. The second-order valence-corrected chi connectivity index (χ2v) is 6.78. The van der Waals surface area contributed by atoms with E-state index in [0.717, 1.165) is 17.9 Å². The van der Waals surface area contributed by atoms with Gasteiger partial charge in [0.1, 0.15) is 18.3 Å². The first-order chi connectivity index (χ1) is 7.58. The fourth-order valence-electron chi connectivity index (χ4n) is 1.86. The molecule has 0 aromatic heterocycles. The molecule has 0 aliphatic carbocycles.